The molecule has 0 bridgehead atoms. The molecule has 5 heteroatoms. The molecule has 0 fully saturated rings. The van der Waals surface area contributed by atoms with Gasteiger partial charge in [0.2, 0.25) is 0 Å². The summed E-state index contributed by atoms with van der Waals surface area (Å²) in [5, 5.41) is 0. The van der Waals surface area contributed by atoms with E-state index in [2.05, 4.69) is 36.8 Å². The zero-order chi connectivity index (χ0) is 24.7. The van der Waals surface area contributed by atoms with Crippen molar-refractivity contribution in [1.82, 2.24) is 0 Å². The molecule has 4 aromatic rings. The van der Waals surface area contributed by atoms with Crippen molar-refractivity contribution in [2.24, 2.45) is 0 Å². The molecule has 4 aromatic carbocycles. The van der Waals surface area contributed by atoms with E-state index in [1.807, 2.05) is 48.5 Å². The lowest BCUT2D eigenvalue weighted by atomic mass is 10.0. The van der Waals surface area contributed by atoms with E-state index in [0.29, 0.717) is 24.7 Å². The lowest BCUT2D eigenvalue weighted by Crippen LogP contribution is -2.08. The van der Waals surface area contributed by atoms with Crippen LogP contribution in [-0.4, -0.2) is 24.7 Å². The van der Waals surface area contributed by atoms with E-state index in [1.54, 1.807) is 12.1 Å². The minimum Gasteiger partial charge on any atom is -0.484 e. The molecule has 0 atom stereocenters. The van der Waals surface area contributed by atoms with E-state index < -0.39 is 10.0 Å². The number of benzene rings is 4. The Bertz CT molecular complexity index is 1230. The number of aldehydes is 1. The molecule has 0 aromatic heterocycles. The van der Waals surface area contributed by atoms with Gasteiger partial charge in [-0.25, -0.2) is 4.39 Å². The Morgan fingerprint density at radius 2 is 1.23 bits per heavy atom. The van der Waals surface area contributed by atoms with Crippen LogP contribution < -0.4 is 4.74 Å². The highest BCUT2D eigenvalue weighted by Crippen LogP contribution is 2.49. The third-order valence-corrected chi connectivity index (χ3v) is 8.02. The highest BCUT2D eigenvalue weighted by Gasteiger charge is 2.16. The van der Waals surface area contributed by atoms with Gasteiger partial charge in [0, 0.05) is 5.56 Å². The molecule has 0 N–H and O–H groups in total. The number of rotatable bonds is 10. The number of hydrogen-bond donors (Lipinski definition) is 0. The number of ether oxygens (including phenoxy) is 2. The summed E-state index contributed by atoms with van der Waals surface area (Å²) < 4.78 is 24.9. The zero-order valence-corrected chi connectivity index (χ0v) is 20.8. The number of hydrogen-bond acceptors (Lipinski definition) is 3. The highest BCUT2D eigenvalue weighted by atomic mass is 32.3. The van der Waals surface area contributed by atoms with Crippen molar-refractivity contribution in [2.75, 3.05) is 18.5 Å². The van der Waals surface area contributed by atoms with E-state index in [9.17, 15) is 9.18 Å². The van der Waals surface area contributed by atoms with Crippen molar-refractivity contribution in [3.63, 3.8) is 0 Å². The van der Waals surface area contributed by atoms with Crippen LogP contribution in [0.4, 0.5) is 4.39 Å². The van der Waals surface area contributed by atoms with Crippen LogP contribution in [0, 0.1) is 5.82 Å². The highest BCUT2D eigenvalue weighted by molar-refractivity contribution is 8.32. The average Bonchev–Trinajstić information content (AvgIpc) is 2.89. The summed E-state index contributed by atoms with van der Waals surface area (Å²) in [5.41, 5.74) is 4.90. The van der Waals surface area contributed by atoms with Crippen LogP contribution in [0.15, 0.2) is 102 Å². The summed E-state index contributed by atoms with van der Waals surface area (Å²) in [4.78, 5) is 12.1. The smallest absolute Gasteiger partial charge is 0.150 e. The first-order valence-corrected chi connectivity index (χ1v) is 14.0. The fraction of sp³-hybridized carbons (Fsp3) is 0.167. The summed E-state index contributed by atoms with van der Waals surface area (Å²) >= 11 is 0. The van der Waals surface area contributed by atoms with Crippen LogP contribution in [0.5, 0.6) is 5.75 Å². The van der Waals surface area contributed by atoms with E-state index in [4.69, 9.17) is 9.47 Å². The van der Waals surface area contributed by atoms with Crippen molar-refractivity contribution in [3.8, 4) is 16.9 Å². The van der Waals surface area contributed by atoms with Gasteiger partial charge in [0.05, 0.1) is 13.2 Å². The number of carbonyl (C=O) groups excluding carboxylic acids is 1. The van der Waals surface area contributed by atoms with Crippen LogP contribution in [-0.2, 0) is 18.0 Å². The summed E-state index contributed by atoms with van der Waals surface area (Å²) in [6.07, 6.45) is 5.35. The van der Waals surface area contributed by atoms with Gasteiger partial charge >= 0.3 is 0 Å². The Labute approximate surface area is 207 Å². The van der Waals surface area contributed by atoms with Gasteiger partial charge in [0.25, 0.3) is 0 Å². The second-order valence-corrected chi connectivity index (χ2v) is 12.6. The third kappa shape index (κ3) is 6.81. The molecule has 0 aliphatic rings. The van der Waals surface area contributed by atoms with Gasteiger partial charge in [-0.3, -0.25) is 4.79 Å². The number of carbonyl (C=O) groups is 1. The first kappa shape index (κ1) is 24.7. The summed E-state index contributed by atoms with van der Waals surface area (Å²) in [6, 6.07) is 30.5. The second-order valence-electron chi connectivity index (χ2n) is 8.83. The minimum absolute atomic E-state index is 0.242. The van der Waals surface area contributed by atoms with E-state index in [0.717, 1.165) is 34.3 Å². The van der Waals surface area contributed by atoms with Crippen LogP contribution in [0.3, 0.4) is 0 Å². The van der Waals surface area contributed by atoms with Crippen molar-refractivity contribution >= 4 is 16.3 Å². The van der Waals surface area contributed by atoms with Crippen molar-refractivity contribution in [3.05, 3.63) is 120 Å². The molecular formula is C30H29FO3S. The predicted octanol–water partition coefficient (Wildman–Crippen LogP) is 7.48. The van der Waals surface area contributed by atoms with E-state index >= 15 is 0 Å². The maximum atomic E-state index is 13.0. The summed E-state index contributed by atoms with van der Waals surface area (Å²) in [5.74, 6) is 1.22. The fourth-order valence-electron chi connectivity index (χ4n) is 3.60. The van der Waals surface area contributed by atoms with Gasteiger partial charge in [0.1, 0.15) is 23.8 Å². The van der Waals surface area contributed by atoms with E-state index in [1.165, 1.54) is 17.0 Å². The summed E-state index contributed by atoms with van der Waals surface area (Å²) in [7, 11) is -1.15. The maximum absolute atomic E-state index is 13.0. The lowest BCUT2D eigenvalue weighted by Gasteiger charge is -2.31. The van der Waals surface area contributed by atoms with Crippen molar-refractivity contribution < 1.29 is 18.7 Å². The first-order valence-electron chi connectivity index (χ1n) is 11.3. The molecular weight excluding hydrogens is 459 g/mol. The largest absolute Gasteiger partial charge is 0.484 e. The standard InChI is InChI=1S/C30H29FO3S/c1-35(2,30-17-11-27(12-18-30)26-9-3-23(19-32)4-10-26)22-34-29-15-7-25(8-16-29)21-33-20-24-5-13-28(31)14-6-24/h3-19H,20-22H2,1-2H3. The second kappa shape index (κ2) is 11.3. The Kier molecular flexibility index (Phi) is 8.01. The lowest BCUT2D eigenvalue weighted by molar-refractivity contribution is 0.107. The number of halogens is 1. The predicted molar refractivity (Wildman–Crippen MR) is 142 cm³/mol. The fourth-order valence-corrected chi connectivity index (χ4v) is 5.04. The molecule has 0 heterocycles. The molecule has 4 rings (SSSR count). The molecule has 180 valence electrons. The topological polar surface area (TPSA) is 35.5 Å². The molecule has 0 aliphatic carbocycles. The Balaban J connectivity index is 1.29. The van der Waals surface area contributed by atoms with Crippen LogP contribution in [0.25, 0.3) is 11.1 Å². The molecule has 3 nitrogen and oxygen atoms in total. The monoisotopic (exact) mass is 488 g/mol. The third-order valence-electron chi connectivity index (χ3n) is 5.77. The minimum atomic E-state index is -1.15. The molecule has 0 amide bonds. The zero-order valence-electron chi connectivity index (χ0n) is 19.9. The van der Waals surface area contributed by atoms with Crippen LogP contribution >= 0.6 is 10.0 Å². The van der Waals surface area contributed by atoms with Crippen molar-refractivity contribution in [2.45, 2.75) is 18.1 Å². The quantitative estimate of drug-likeness (QED) is 0.217. The molecule has 0 saturated heterocycles. The summed E-state index contributed by atoms with van der Waals surface area (Å²) in [6.45, 7) is 0.928. The molecule has 35 heavy (non-hydrogen) atoms. The molecule has 0 saturated carbocycles. The van der Waals surface area contributed by atoms with Gasteiger partial charge in [-0.15, -0.1) is 0 Å². The Morgan fingerprint density at radius 1 is 0.714 bits per heavy atom. The maximum Gasteiger partial charge on any atom is 0.150 e. The first-order chi connectivity index (χ1) is 16.9. The van der Waals surface area contributed by atoms with Gasteiger partial charge in [-0.2, -0.15) is 10.0 Å². The van der Waals surface area contributed by atoms with Gasteiger partial charge < -0.3 is 9.47 Å². The van der Waals surface area contributed by atoms with Gasteiger partial charge in [-0.05, 0) is 76.1 Å². The molecule has 0 radical (unpaired) electrons. The van der Waals surface area contributed by atoms with Crippen LogP contribution in [0.1, 0.15) is 21.5 Å². The van der Waals surface area contributed by atoms with Gasteiger partial charge in [-0.1, -0.05) is 60.7 Å². The molecule has 0 aliphatic heterocycles. The van der Waals surface area contributed by atoms with Crippen molar-refractivity contribution in [1.29, 1.82) is 0 Å². The van der Waals surface area contributed by atoms with Gasteiger partial charge in [0.15, 0.2) is 0 Å². The normalized spacial score (nSPS) is 11.7. The Hall–Kier alpha value is -3.41. The average molecular weight is 489 g/mol. The Morgan fingerprint density at radius 3 is 1.77 bits per heavy atom. The van der Waals surface area contributed by atoms with Crippen LogP contribution in [0.2, 0.25) is 0 Å². The van der Waals surface area contributed by atoms with E-state index in [-0.39, 0.29) is 5.82 Å². The molecule has 0 spiro atoms. The molecule has 0 unspecified atom stereocenters. The SMILES string of the molecule is CS(C)(COc1ccc(COCc2ccc(F)cc2)cc1)c1ccc(-c2ccc(C=O)cc2)cc1.